The summed E-state index contributed by atoms with van der Waals surface area (Å²) in [5, 5.41) is 0.387. The highest BCUT2D eigenvalue weighted by Crippen LogP contribution is 2.33. The number of nitrogens with two attached hydrogens (primary N) is 1. The number of halogens is 4. The molecule has 5 aromatic rings. The summed E-state index contributed by atoms with van der Waals surface area (Å²) in [6.45, 7) is 0. The summed E-state index contributed by atoms with van der Waals surface area (Å²) in [7, 11) is 0. The molecule has 0 saturated heterocycles. The number of carbonyl (C=O) groups excluding carboxylic acids is 2. The highest BCUT2D eigenvalue weighted by molar-refractivity contribution is 5.94. The fourth-order valence-corrected chi connectivity index (χ4v) is 4.99. The van der Waals surface area contributed by atoms with Crippen LogP contribution < -0.4 is 5.73 Å². The van der Waals surface area contributed by atoms with Crippen LogP contribution in [-0.4, -0.2) is 21.7 Å². The molecule has 2 heterocycles. The van der Waals surface area contributed by atoms with Crippen molar-refractivity contribution in [2.75, 3.05) is 0 Å². The number of pyridine rings is 1. The van der Waals surface area contributed by atoms with Gasteiger partial charge in [-0.1, -0.05) is 18.2 Å². The van der Waals surface area contributed by atoms with E-state index < -0.39 is 35.1 Å². The lowest BCUT2D eigenvalue weighted by Gasteiger charge is -2.20. The number of amides is 1. The number of nitrogens with one attached hydrogen (secondary N) is 1. The summed E-state index contributed by atoms with van der Waals surface area (Å²) in [5.74, 6) is -4.98. The van der Waals surface area contributed by atoms with Crippen LogP contribution in [0.2, 0.25) is 0 Å². The lowest BCUT2D eigenvalue weighted by Crippen LogP contribution is -2.15. The molecule has 0 radical (unpaired) electrons. The maximum absolute atomic E-state index is 14.0. The van der Waals surface area contributed by atoms with Crippen molar-refractivity contribution in [2.45, 2.75) is 25.2 Å². The van der Waals surface area contributed by atoms with E-state index in [0.717, 1.165) is 18.2 Å². The van der Waals surface area contributed by atoms with E-state index in [-0.39, 0.29) is 30.6 Å². The van der Waals surface area contributed by atoms with E-state index in [1.807, 2.05) is 0 Å². The normalized spacial score (nSPS) is 12.0. The van der Waals surface area contributed by atoms with Crippen LogP contribution in [0.25, 0.3) is 22.0 Å². The molecule has 1 atom stereocenters. The van der Waals surface area contributed by atoms with E-state index in [4.69, 9.17) is 5.73 Å². The summed E-state index contributed by atoms with van der Waals surface area (Å²) in [6.07, 6.45) is 3.03. The molecule has 0 aliphatic carbocycles. The third-order valence-electron chi connectivity index (χ3n) is 6.76. The number of benzene rings is 3. The van der Waals surface area contributed by atoms with Gasteiger partial charge in [0.2, 0.25) is 5.91 Å². The molecular weight excluding hydrogens is 522 g/mol. The van der Waals surface area contributed by atoms with E-state index >= 15 is 0 Å². The number of carbonyl (C=O) groups is 2. The molecule has 0 aliphatic rings. The van der Waals surface area contributed by atoms with Gasteiger partial charge in [-0.05, 0) is 59.5 Å². The minimum absolute atomic E-state index is 0.0615. The lowest BCUT2D eigenvalue weighted by atomic mass is 9.85. The van der Waals surface area contributed by atoms with Gasteiger partial charge in [-0.15, -0.1) is 0 Å². The van der Waals surface area contributed by atoms with E-state index in [1.54, 1.807) is 42.6 Å². The Bertz CT molecular complexity index is 1730. The number of H-pyrrole nitrogens is 1. The van der Waals surface area contributed by atoms with Crippen LogP contribution in [0, 0.1) is 23.3 Å². The van der Waals surface area contributed by atoms with E-state index in [1.165, 1.54) is 18.3 Å². The second-order valence-corrected chi connectivity index (χ2v) is 9.61. The molecule has 0 bridgehead atoms. The number of rotatable bonds is 9. The van der Waals surface area contributed by atoms with Crippen LogP contribution >= 0.6 is 0 Å². The van der Waals surface area contributed by atoms with Crippen molar-refractivity contribution in [1.82, 2.24) is 9.97 Å². The first kappa shape index (κ1) is 26.8. The summed E-state index contributed by atoms with van der Waals surface area (Å²) in [6, 6.07) is 15.4. The molecule has 1 amide bonds. The molecular formula is C31H23F4N3O2. The van der Waals surface area contributed by atoms with E-state index in [2.05, 4.69) is 9.97 Å². The average molecular weight is 546 g/mol. The standard InChI is InChI=1S/C31H23F4N3O2/c32-22-8-17(9-23(33)13-22)7-20(11-24(39)12-21-16-38-29-15-28(35)27(34)14-26(21)29)30-25(5-2-6-37-30)18-3-1-4-19(10-18)31(36)40/h1-6,8-10,13-16,20,38H,7,11-12H2,(H2,36,40)/t20-/m1/s1. The number of fused-ring (bicyclic) bond motifs is 1. The van der Waals surface area contributed by atoms with Crippen LogP contribution in [0.1, 0.15) is 39.5 Å². The minimum Gasteiger partial charge on any atom is -0.366 e. The second kappa shape index (κ2) is 11.1. The van der Waals surface area contributed by atoms with Crippen LogP contribution in [-0.2, 0) is 17.6 Å². The second-order valence-electron chi connectivity index (χ2n) is 9.61. The Hall–Kier alpha value is -4.79. The number of nitrogens with zero attached hydrogens (tertiary/aromatic N) is 1. The molecule has 0 spiro atoms. The molecule has 3 N–H and O–H groups in total. The van der Waals surface area contributed by atoms with Gasteiger partial charge in [0.05, 0.1) is 5.69 Å². The van der Waals surface area contributed by atoms with Gasteiger partial charge < -0.3 is 10.7 Å². The zero-order valence-electron chi connectivity index (χ0n) is 21.1. The van der Waals surface area contributed by atoms with Crippen molar-refractivity contribution >= 4 is 22.6 Å². The molecule has 0 saturated carbocycles. The largest absolute Gasteiger partial charge is 0.366 e. The molecule has 40 heavy (non-hydrogen) atoms. The molecule has 0 fully saturated rings. The van der Waals surface area contributed by atoms with Crippen LogP contribution in [0.3, 0.4) is 0 Å². The maximum atomic E-state index is 14.0. The van der Waals surface area contributed by atoms with Crippen molar-refractivity contribution in [3.05, 3.63) is 125 Å². The van der Waals surface area contributed by atoms with Crippen LogP contribution in [0.4, 0.5) is 17.6 Å². The summed E-state index contributed by atoms with van der Waals surface area (Å²) >= 11 is 0. The van der Waals surface area contributed by atoms with Crippen molar-refractivity contribution in [3.63, 3.8) is 0 Å². The number of hydrogen-bond donors (Lipinski definition) is 2. The van der Waals surface area contributed by atoms with Gasteiger partial charge in [0, 0.05) is 65.3 Å². The Morgan fingerprint density at radius 3 is 2.40 bits per heavy atom. The number of ketones is 1. The van der Waals surface area contributed by atoms with Crippen molar-refractivity contribution in [3.8, 4) is 11.1 Å². The molecule has 3 aromatic carbocycles. The van der Waals surface area contributed by atoms with Gasteiger partial charge in [0.25, 0.3) is 0 Å². The number of Topliss-reactive ketones (excluding diaryl/α,β-unsaturated/α-hetero) is 1. The molecule has 5 nitrogen and oxygen atoms in total. The predicted octanol–water partition coefficient (Wildman–Crippen LogP) is 6.41. The smallest absolute Gasteiger partial charge is 0.248 e. The maximum Gasteiger partial charge on any atom is 0.248 e. The topological polar surface area (TPSA) is 88.8 Å². The first-order valence-corrected chi connectivity index (χ1v) is 12.4. The summed E-state index contributed by atoms with van der Waals surface area (Å²) in [5.41, 5.74) is 8.69. The molecule has 0 aliphatic heterocycles. The van der Waals surface area contributed by atoms with Crippen molar-refractivity contribution in [2.24, 2.45) is 5.73 Å². The fraction of sp³-hybridized carbons (Fsp3) is 0.129. The first-order chi connectivity index (χ1) is 19.2. The summed E-state index contributed by atoms with van der Waals surface area (Å²) < 4.78 is 55.6. The Balaban J connectivity index is 1.51. The molecule has 2 aromatic heterocycles. The molecule has 202 valence electrons. The first-order valence-electron chi connectivity index (χ1n) is 12.4. The number of aromatic amines is 1. The monoisotopic (exact) mass is 545 g/mol. The Morgan fingerprint density at radius 1 is 0.900 bits per heavy atom. The van der Waals surface area contributed by atoms with Gasteiger partial charge in [0.1, 0.15) is 17.4 Å². The van der Waals surface area contributed by atoms with Crippen LogP contribution in [0.5, 0.6) is 0 Å². The summed E-state index contributed by atoms with van der Waals surface area (Å²) in [4.78, 5) is 32.6. The van der Waals surface area contributed by atoms with Crippen molar-refractivity contribution in [1.29, 1.82) is 0 Å². The third-order valence-corrected chi connectivity index (χ3v) is 6.76. The Kier molecular flexibility index (Phi) is 7.46. The zero-order valence-corrected chi connectivity index (χ0v) is 21.1. The predicted molar refractivity (Wildman–Crippen MR) is 143 cm³/mol. The Labute approximate surface area is 226 Å². The van der Waals surface area contributed by atoms with E-state index in [9.17, 15) is 27.2 Å². The number of primary amides is 1. The highest BCUT2D eigenvalue weighted by Gasteiger charge is 2.24. The average Bonchev–Trinajstić information content (AvgIpc) is 3.28. The molecule has 0 unspecified atom stereocenters. The Morgan fingerprint density at radius 2 is 1.65 bits per heavy atom. The zero-order chi connectivity index (χ0) is 28.4. The van der Waals surface area contributed by atoms with Gasteiger partial charge in [-0.2, -0.15) is 0 Å². The third kappa shape index (κ3) is 5.78. The number of hydrogen-bond acceptors (Lipinski definition) is 3. The quantitative estimate of drug-likeness (QED) is 0.210. The molecule has 9 heteroatoms. The van der Waals surface area contributed by atoms with Gasteiger partial charge in [-0.25, -0.2) is 17.6 Å². The fourth-order valence-electron chi connectivity index (χ4n) is 4.99. The molecule has 5 rings (SSSR count). The number of aromatic nitrogens is 2. The van der Waals surface area contributed by atoms with Crippen molar-refractivity contribution < 1.29 is 27.2 Å². The van der Waals surface area contributed by atoms with Gasteiger partial charge >= 0.3 is 0 Å². The highest BCUT2D eigenvalue weighted by atomic mass is 19.2. The van der Waals surface area contributed by atoms with Gasteiger partial charge in [-0.3, -0.25) is 14.6 Å². The SMILES string of the molecule is NC(=O)c1cccc(-c2cccnc2[C@@H](CC(=O)Cc2c[nH]c3cc(F)c(F)cc23)Cc2cc(F)cc(F)c2)c1. The van der Waals surface area contributed by atoms with Crippen LogP contribution in [0.15, 0.2) is 79.1 Å². The lowest BCUT2D eigenvalue weighted by molar-refractivity contribution is -0.118. The van der Waals surface area contributed by atoms with E-state index in [0.29, 0.717) is 38.9 Å². The van der Waals surface area contributed by atoms with Gasteiger partial charge in [0.15, 0.2) is 11.6 Å². The minimum atomic E-state index is -1.02.